The van der Waals surface area contributed by atoms with Crippen molar-refractivity contribution >= 4 is 41.6 Å². The first-order chi connectivity index (χ1) is 12.2. The van der Waals surface area contributed by atoms with E-state index in [4.69, 9.17) is 14.0 Å². The number of benzene rings is 1. The molecule has 0 aliphatic carbocycles. The van der Waals surface area contributed by atoms with E-state index in [1.165, 1.54) is 18.4 Å². The molecule has 7 heteroatoms. The van der Waals surface area contributed by atoms with E-state index in [2.05, 4.69) is 6.07 Å². The van der Waals surface area contributed by atoms with Gasteiger partial charge in [-0.2, -0.15) is 0 Å². The van der Waals surface area contributed by atoms with Crippen LogP contribution < -0.4 is 5.46 Å². The average molecular weight is 390 g/mol. The molecule has 0 radical (unpaired) electrons. The largest absolute Gasteiger partial charge is 0.494 e. The number of methoxy groups -OCH3 is 1. The number of hydrogen-bond donors (Lipinski definition) is 0. The monoisotopic (exact) mass is 390 g/mol. The molecule has 0 saturated carbocycles. The van der Waals surface area contributed by atoms with Crippen LogP contribution in [-0.2, 0) is 14.0 Å². The standard InChI is InChI=1S/C19H23BO4S2/c1-18(2)19(3,4)24-20(23-18)13-9-7-8-12(10-13)14-11-15(16(21)22-5)26-17(14)25-6/h7-11H,1-6H3. The van der Waals surface area contributed by atoms with Gasteiger partial charge in [0.25, 0.3) is 0 Å². The third-order valence-corrected chi connectivity index (χ3v) is 7.24. The molecule has 1 aromatic carbocycles. The molecule has 2 heterocycles. The van der Waals surface area contributed by atoms with Gasteiger partial charge in [-0.3, -0.25) is 0 Å². The fraction of sp³-hybridized carbons (Fsp3) is 0.421. The molecule has 0 atom stereocenters. The molecule has 1 fully saturated rings. The molecule has 4 nitrogen and oxygen atoms in total. The summed E-state index contributed by atoms with van der Waals surface area (Å²) < 4.78 is 18.3. The number of esters is 1. The Hall–Kier alpha value is -1.28. The second kappa shape index (κ2) is 7.04. The van der Waals surface area contributed by atoms with E-state index < -0.39 is 7.12 Å². The second-order valence-corrected chi connectivity index (χ2v) is 9.35. The first-order valence-electron chi connectivity index (χ1n) is 8.40. The van der Waals surface area contributed by atoms with Crippen molar-refractivity contribution in [3.8, 4) is 11.1 Å². The van der Waals surface area contributed by atoms with E-state index >= 15 is 0 Å². The van der Waals surface area contributed by atoms with E-state index in [1.54, 1.807) is 11.8 Å². The van der Waals surface area contributed by atoms with Crippen LogP contribution in [0, 0.1) is 0 Å². The highest BCUT2D eigenvalue weighted by atomic mass is 32.2. The lowest BCUT2D eigenvalue weighted by atomic mass is 9.78. The molecule has 26 heavy (non-hydrogen) atoms. The number of carbonyl (C=O) groups is 1. The zero-order chi connectivity index (χ0) is 19.1. The van der Waals surface area contributed by atoms with Gasteiger partial charge in [0.2, 0.25) is 0 Å². The lowest BCUT2D eigenvalue weighted by Crippen LogP contribution is -2.41. The molecule has 1 aromatic heterocycles. The maximum absolute atomic E-state index is 11.9. The van der Waals surface area contributed by atoms with Crippen LogP contribution in [0.2, 0.25) is 0 Å². The van der Waals surface area contributed by atoms with Gasteiger partial charge in [-0.05, 0) is 51.0 Å². The van der Waals surface area contributed by atoms with Crippen molar-refractivity contribution < 1.29 is 18.8 Å². The summed E-state index contributed by atoms with van der Waals surface area (Å²) in [7, 11) is 0.996. The predicted octanol–water partition coefficient (Wildman–Crippen LogP) is 4.22. The van der Waals surface area contributed by atoms with Gasteiger partial charge in [0.05, 0.1) is 22.5 Å². The predicted molar refractivity (Wildman–Crippen MR) is 109 cm³/mol. The van der Waals surface area contributed by atoms with Gasteiger partial charge in [0, 0.05) is 5.56 Å². The molecule has 1 aliphatic heterocycles. The zero-order valence-corrected chi connectivity index (χ0v) is 17.5. The summed E-state index contributed by atoms with van der Waals surface area (Å²) in [6, 6.07) is 10.0. The quantitative estimate of drug-likeness (QED) is 0.444. The molecular formula is C19H23BO4S2. The number of ether oxygens (including phenoxy) is 1. The average Bonchev–Trinajstić information content (AvgIpc) is 3.13. The number of thioether (sulfide) groups is 1. The van der Waals surface area contributed by atoms with E-state index in [0.29, 0.717) is 4.88 Å². The summed E-state index contributed by atoms with van der Waals surface area (Å²) in [5.74, 6) is -0.307. The van der Waals surface area contributed by atoms with Gasteiger partial charge in [0.1, 0.15) is 4.88 Å². The Morgan fingerprint density at radius 3 is 2.38 bits per heavy atom. The maximum Gasteiger partial charge on any atom is 0.494 e. The SMILES string of the molecule is COC(=O)c1cc(-c2cccc(B3OC(C)(C)C(C)(C)O3)c2)c(SC)s1. The summed E-state index contributed by atoms with van der Waals surface area (Å²) in [5, 5.41) is 0. The highest BCUT2D eigenvalue weighted by molar-refractivity contribution is 8.00. The highest BCUT2D eigenvalue weighted by Gasteiger charge is 2.51. The fourth-order valence-electron chi connectivity index (χ4n) is 2.76. The van der Waals surface area contributed by atoms with E-state index in [-0.39, 0.29) is 17.2 Å². The number of thiophene rings is 1. The summed E-state index contributed by atoms with van der Waals surface area (Å²) in [5.41, 5.74) is 2.28. The van der Waals surface area contributed by atoms with Crippen LogP contribution in [0.1, 0.15) is 37.4 Å². The van der Waals surface area contributed by atoms with E-state index in [1.807, 2.05) is 58.2 Å². The smallest absolute Gasteiger partial charge is 0.465 e. The first-order valence-corrected chi connectivity index (χ1v) is 10.4. The minimum absolute atomic E-state index is 0.307. The van der Waals surface area contributed by atoms with Crippen molar-refractivity contribution in [1.82, 2.24) is 0 Å². The molecular weight excluding hydrogens is 367 g/mol. The lowest BCUT2D eigenvalue weighted by molar-refractivity contribution is 0.00578. The fourth-order valence-corrected chi connectivity index (χ4v) is 4.59. The Labute approximate surface area is 163 Å². The summed E-state index contributed by atoms with van der Waals surface area (Å²) >= 11 is 3.08. The van der Waals surface area contributed by atoms with Crippen molar-refractivity contribution in [2.75, 3.05) is 13.4 Å². The van der Waals surface area contributed by atoms with Crippen molar-refractivity contribution in [2.45, 2.75) is 43.1 Å². The van der Waals surface area contributed by atoms with E-state index in [9.17, 15) is 4.79 Å². The topological polar surface area (TPSA) is 44.8 Å². The molecule has 1 aliphatic rings. The summed E-state index contributed by atoms with van der Waals surface area (Å²) in [4.78, 5) is 12.5. The maximum atomic E-state index is 11.9. The molecule has 0 bridgehead atoms. The third-order valence-electron chi connectivity index (χ3n) is 4.99. The Balaban J connectivity index is 1.96. The van der Waals surface area contributed by atoms with Crippen LogP contribution in [0.15, 0.2) is 34.5 Å². The summed E-state index contributed by atoms with van der Waals surface area (Å²) in [6.07, 6.45) is 2.01. The molecule has 138 valence electrons. The summed E-state index contributed by atoms with van der Waals surface area (Å²) in [6.45, 7) is 8.18. The van der Waals surface area contributed by atoms with Crippen LogP contribution in [0.3, 0.4) is 0 Å². The molecule has 0 unspecified atom stereocenters. The molecule has 0 spiro atoms. The van der Waals surface area contributed by atoms with Gasteiger partial charge >= 0.3 is 13.1 Å². The number of hydrogen-bond acceptors (Lipinski definition) is 6. The van der Waals surface area contributed by atoms with Crippen LogP contribution in [-0.4, -0.2) is 37.7 Å². The van der Waals surface area contributed by atoms with Gasteiger partial charge in [-0.1, -0.05) is 24.3 Å². The third kappa shape index (κ3) is 3.45. The Bertz CT molecular complexity index is 813. The normalized spacial score (nSPS) is 18.2. The van der Waals surface area contributed by atoms with Gasteiger partial charge in [-0.25, -0.2) is 4.79 Å². The van der Waals surface area contributed by atoms with Crippen molar-refractivity contribution in [2.24, 2.45) is 0 Å². The van der Waals surface area contributed by atoms with Crippen LogP contribution in [0.4, 0.5) is 0 Å². The second-order valence-electron chi connectivity index (χ2n) is 7.22. The Morgan fingerprint density at radius 1 is 1.15 bits per heavy atom. The number of carbonyl (C=O) groups excluding carboxylic acids is 1. The molecule has 0 amide bonds. The van der Waals surface area contributed by atoms with Crippen LogP contribution >= 0.6 is 23.1 Å². The lowest BCUT2D eigenvalue weighted by Gasteiger charge is -2.32. The Morgan fingerprint density at radius 2 is 1.81 bits per heavy atom. The van der Waals surface area contributed by atoms with Crippen molar-refractivity contribution in [3.05, 3.63) is 35.2 Å². The van der Waals surface area contributed by atoms with Crippen LogP contribution in [0.25, 0.3) is 11.1 Å². The van der Waals surface area contributed by atoms with Gasteiger partial charge < -0.3 is 14.0 Å². The molecule has 1 saturated heterocycles. The molecule has 0 N–H and O–H groups in total. The van der Waals surface area contributed by atoms with Gasteiger partial charge in [0.15, 0.2) is 0 Å². The van der Waals surface area contributed by atoms with E-state index in [0.717, 1.165) is 20.8 Å². The minimum atomic E-state index is -0.406. The number of rotatable bonds is 4. The Kier molecular flexibility index (Phi) is 5.27. The molecule has 3 rings (SSSR count). The first kappa shape index (κ1) is 19.5. The minimum Gasteiger partial charge on any atom is -0.465 e. The zero-order valence-electron chi connectivity index (χ0n) is 15.9. The van der Waals surface area contributed by atoms with Crippen molar-refractivity contribution in [3.63, 3.8) is 0 Å². The highest BCUT2D eigenvalue weighted by Crippen LogP contribution is 2.39. The van der Waals surface area contributed by atoms with Crippen LogP contribution in [0.5, 0.6) is 0 Å². The molecule has 2 aromatic rings. The van der Waals surface area contributed by atoms with Crippen molar-refractivity contribution in [1.29, 1.82) is 0 Å². The van der Waals surface area contributed by atoms with Gasteiger partial charge in [-0.15, -0.1) is 23.1 Å².